The number of carboxylic acid groups (broad SMARTS) is 5. The number of aliphatic carboxylic acids is 5. The molecule has 0 aliphatic carbocycles. The van der Waals surface area contributed by atoms with Gasteiger partial charge in [0.15, 0.2) is 5.60 Å². The predicted octanol–water partition coefficient (Wildman–Crippen LogP) is -6.61. The molecule has 0 amide bonds. The number of aliphatic hydroxyl groups is 1. The van der Waals surface area contributed by atoms with Gasteiger partial charge in [-0.1, -0.05) is 0 Å². The van der Waals surface area contributed by atoms with Crippen molar-refractivity contribution in [1.82, 2.24) is 0 Å². The maximum atomic E-state index is 11.7. The molecular weight excluding hydrogens is 462 g/mol. The minimum atomic E-state index is -3.17. The van der Waals surface area contributed by atoms with Crippen LogP contribution in [0.15, 0.2) is 0 Å². The van der Waals surface area contributed by atoms with Gasteiger partial charge >= 0.3 is 94.9 Å². The molecule has 0 saturated carbocycles. The number of ether oxygens (including phenoxy) is 1. The van der Waals surface area contributed by atoms with Crippen molar-refractivity contribution in [2.75, 3.05) is 0 Å². The van der Waals surface area contributed by atoms with Gasteiger partial charge in [-0.15, -0.1) is 0 Å². The summed E-state index contributed by atoms with van der Waals surface area (Å²) in [6, 6.07) is 0. The third kappa shape index (κ3) is 16.0. The van der Waals surface area contributed by atoms with Crippen molar-refractivity contribution in [3.8, 4) is 0 Å². The van der Waals surface area contributed by atoms with E-state index < -0.39 is 72.7 Å². The van der Waals surface area contributed by atoms with Crippen molar-refractivity contribution < 1.29 is 86.0 Å². The summed E-state index contributed by atoms with van der Waals surface area (Å²) in [6.07, 6.45) is -5.94. The summed E-state index contributed by atoms with van der Waals surface area (Å²) >= 11 is 0. The quantitative estimate of drug-likeness (QED) is 0.117. The second kappa shape index (κ2) is 19.3. The SMILES string of the molecule is O.O.O.O.O=C(O)CC(O)(CC(=O)OC(CC(=O)O)(CC(=O)O)C(=O)O)C(=O)O.[NaH].[NaH]. The average Bonchev–Trinajstić information content (AvgIpc) is 2.34. The zero-order chi connectivity index (χ0) is 20.0. The van der Waals surface area contributed by atoms with Gasteiger partial charge in [-0.2, -0.15) is 0 Å². The molecule has 0 saturated heterocycles. The Morgan fingerprint density at radius 1 is 0.581 bits per heavy atom. The van der Waals surface area contributed by atoms with Crippen LogP contribution in [0.3, 0.4) is 0 Å². The Kier molecular flexibility index (Phi) is 29.5. The molecule has 0 rings (SSSR count). The van der Waals surface area contributed by atoms with Crippen LogP contribution in [0.1, 0.15) is 25.7 Å². The van der Waals surface area contributed by atoms with Crippen LogP contribution in [0.5, 0.6) is 0 Å². The zero-order valence-electron chi connectivity index (χ0n) is 14.4. The predicted molar refractivity (Wildman–Crippen MR) is 99.2 cm³/mol. The van der Waals surface area contributed by atoms with Gasteiger partial charge < -0.3 is 57.3 Å². The molecule has 0 aliphatic heterocycles. The van der Waals surface area contributed by atoms with E-state index in [2.05, 4.69) is 4.74 Å². The number of carboxylic acids is 5. The molecule has 0 heterocycles. The zero-order valence-corrected chi connectivity index (χ0v) is 14.4. The standard InChI is InChI=1S/C12H14O13.2Na.4H2O.2H/c13-5(14)1-11(24,9(20)21)4-8(19)25-12(10(22)23,2-6(15)16)3-7(17)18;;;;;;;;/h24H,1-4H2,(H,13,14)(H,15,16)(H,17,18)(H,20,21)(H,22,23);;;4*1H2;;. The van der Waals surface area contributed by atoms with E-state index in [-0.39, 0.29) is 81.0 Å². The van der Waals surface area contributed by atoms with Crippen LogP contribution in [-0.4, -0.2) is 159 Å². The number of carbonyl (C=O) groups excluding carboxylic acids is 1. The third-order valence-electron chi connectivity index (χ3n) is 2.85. The van der Waals surface area contributed by atoms with E-state index in [1.165, 1.54) is 0 Å². The van der Waals surface area contributed by atoms with Crippen molar-refractivity contribution in [3.05, 3.63) is 0 Å². The van der Waals surface area contributed by atoms with Crippen molar-refractivity contribution in [3.63, 3.8) is 0 Å². The van der Waals surface area contributed by atoms with Crippen molar-refractivity contribution in [1.29, 1.82) is 0 Å². The van der Waals surface area contributed by atoms with Crippen molar-refractivity contribution in [2.45, 2.75) is 36.9 Å². The third-order valence-corrected chi connectivity index (χ3v) is 2.85. The Morgan fingerprint density at radius 3 is 1.13 bits per heavy atom. The van der Waals surface area contributed by atoms with Crippen LogP contribution < -0.4 is 0 Å². The summed E-state index contributed by atoms with van der Waals surface area (Å²) < 4.78 is 4.33. The Morgan fingerprint density at radius 2 is 0.903 bits per heavy atom. The first-order valence-electron chi connectivity index (χ1n) is 6.30. The van der Waals surface area contributed by atoms with Crippen molar-refractivity contribution >= 4 is 94.9 Å². The Bertz CT molecular complexity index is 604. The molecule has 1 atom stereocenters. The van der Waals surface area contributed by atoms with Crippen LogP contribution >= 0.6 is 0 Å². The van der Waals surface area contributed by atoms with Crippen LogP contribution in [0, 0.1) is 0 Å². The summed E-state index contributed by atoms with van der Waals surface area (Å²) in [6.45, 7) is 0. The van der Waals surface area contributed by atoms with Crippen LogP contribution in [0.25, 0.3) is 0 Å². The van der Waals surface area contributed by atoms with E-state index in [1.807, 2.05) is 0 Å². The molecule has 14 N–H and O–H groups in total. The summed E-state index contributed by atoms with van der Waals surface area (Å²) in [5.74, 6) is -11.6. The summed E-state index contributed by atoms with van der Waals surface area (Å²) in [5.41, 5.74) is -6.24. The van der Waals surface area contributed by atoms with Gasteiger partial charge in [0.05, 0.1) is 25.7 Å². The first-order valence-corrected chi connectivity index (χ1v) is 6.30. The molecular formula is C12H24Na2O17. The summed E-state index contributed by atoms with van der Waals surface area (Å²) in [7, 11) is 0. The second-order valence-corrected chi connectivity index (χ2v) is 5.00. The molecule has 17 nitrogen and oxygen atoms in total. The Labute approximate surface area is 216 Å². The van der Waals surface area contributed by atoms with Crippen LogP contribution in [-0.2, 0) is 33.5 Å². The molecule has 19 heteroatoms. The molecule has 1 unspecified atom stereocenters. The number of carbonyl (C=O) groups is 6. The van der Waals surface area contributed by atoms with Gasteiger partial charge in [-0.25, -0.2) is 9.59 Å². The molecule has 0 radical (unpaired) electrons. The fourth-order valence-electron chi connectivity index (χ4n) is 1.77. The molecule has 31 heavy (non-hydrogen) atoms. The van der Waals surface area contributed by atoms with Gasteiger partial charge in [0.2, 0.25) is 5.60 Å². The number of hydrogen-bond acceptors (Lipinski definition) is 8. The fourth-order valence-corrected chi connectivity index (χ4v) is 1.77. The number of rotatable bonds is 11. The van der Waals surface area contributed by atoms with E-state index in [9.17, 15) is 33.9 Å². The van der Waals surface area contributed by atoms with Crippen molar-refractivity contribution in [2.24, 2.45) is 0 Å². The first-order chi connectivity index (χ1) is 11.2. The maximum absolute atomic E-state index is 11.7. The Balaban J connectivity index is -0.000000192. The van der Waals surface area contributed by atoms with Gasteiger partial charge in [0, 0.05) is 0 Å². The molecule has 0 spiro atoms. The van der Waals surface area contributed by atoms with Gasteiger partial charge in [-0.05, 0) is 0 Å². The van der Waals surface area contributed by atoms with Gasteiger partial charge in [0.1, 0.15) is 0 Å². The van der Waals surface area contributed by atoms with Crippen LogP contribution in [0.4, 0.5) is 0 Å². The molecule has 0 aliphatic rings. The topological polar surface area (TPSA) is 359 Å². The number of hydrogen-bond donors (Lipinski definition) is 6. The van der Waals surface area contributed by atoms with Gasteiger partial charge in [-0.3, -0.25) is 19.2 Å². The fraction of sp³-hybridized carbons (Fsp3) is 0.500. The van der Waals surface area contributed by atoms with E-state index >= 15 is 0 Å². The summed E-state index contributed by atoms with van der Waals surface area (Å²) in [5, 5.41) is 53.5. The number of esters is 1. The average molecular weight is 486 g/mol. The first kappa shape index (κ1) is 47.4. The molecule has 0 aromatic heterocycles. The molecule has 176 valence electrons. The monoisotopic (exact) mass is 486 g/mol. The summed E-state index contributed by atoms with van der Waals surface area (Å²) in [4.78, 5) is 66.0. The Hall–Kier alpha value is -1.38. The second-order valence-electron chi connectivity index (χ2n) is 5.00. The molecule has 0 aromatic carbocycles. The molecule has 0 aromatic rings. The van der Waals surface area contributed by atoms with E-state index in [0.29, 0.717) is 0 Å². The minimum absolute atomic E-state index is 0. The van der Waals surface area contributed by atoms with E-state index in [4.69, 9.17) is 25.5 Å². The van der Waals surface area contributed by atoms with Gasteiger partial charge in [0.25, 0.3) is 0 Å². The van der Waals surface area contributed by atoms with Crippen LogP contribution in [0.2, 0.25) is 0 Å². The normalized spacial score (nSPS) is 10.7. The van der Waals surface area contributed by atoms with E-state index in [1.54, 1.807) is 0 Å². The van der Waals surface area contributed by atoms with E-state index in [0.717, 1.165) is 0 Å². The molecule has 0 fully saturated rings. The molecule has 0 bridgehead atoms.